The molecule has 0 aromatic heterocycles. The maximum Gasteiger partial charge on any atom is 0.220 e. The summed E-state index contributed by atoms with van der Waals surface area (Å²) in [5, 5.41) is 33.5. The predicted octanol–water partition coefficient (Wildman–Crippen LogP) is 17.9. The van der Waals surface area contributed by atoms with Crippen molar-refractivity contribution in [3.8, 4) is 0 Å². The summed E-state index contributed by atoms with van der Waals surface area (Å²) in [6.07, 6.45) is 66.9. The number of hydrogen-bond acceptors (Lipinski definition) is 4. The quantitative estimate of drug-likeness (QED) is 0.0362. The zero-order valence-corrected chi connectivity index (χ0v) is 43.0. The molecule has 3 unspecified atom stereocenters. The molecule has 0 heterocycles. The van der Waals surface area contributed by atoms with E-state index in [-0.39, 0.29) is 12.5 Å². The zero-order chi connectivity index (χ0) is 45.8. The molecule has 0 rings (SSSR count). The van der Waals surface area contributed by atoms with Crippen molar-refractivity contribution in [2.45, 2.75) is 347 Å². The average molecular weight is 891 g/mol. The van der Waals surface area contributed by atoms with Crippen LogP contribution in [0.15, 0.2) is 12.2 Å². The molecule has 0 aromatic rings. The van der Waals surface area contributed by atoms with Crippen molar-refractivity contribution < 1.29 is 20.1 Å². The van der Waals surface area contributed by atoms with Crippen LogP contribution < -0.4 is 5.32 Å². The van der Waals surface area contributed by atoms with Crippen LogP contribution in [0.1, 0.15) is 328 Å². The summed E-state index contributed by atoms with van der Waals surface area (Å²) in [4.78, 5) is 12.5. The van der Waals surface area contributed by atoms with E-state index in [0.29, 0.717) is 12.8 Å². The van der Waals surface area contributed by atoms with Crippen molar-refractivity contribution in [1.82, 2.24) is 5.32 Å². The Kier molecular flexibility index (Phi) is 52.9. The third-order valence-corrected chi connectivity index (χ3v) is 13.9. The molecule has 5 heteroatoms. The van der Waals surface area contributed by atoms with E-state index in [1.54, 1.807) is 0 Å². The summed E-state index contributed by atoms with van der Waals surface area (Å²) in [6, 6.07) is -0.804. The minimum Gasteiger partial charge on any atom is -0.394 e. The molecular formula is C58H115NO4. The Balaban J connectivity index is 3.38. The van der Waals surface area contributed by atoms with Crippen LogP contribution in [-0.2, 0) is 4.79 Å². The highest BCUT2D eigenvalue weighted by Crippen LogP contribution is 2.18. The van der Waals surface area contributed by atoms with E-state index < -0.39 is 18.2 Å². The molecule has 0 aliphatic rings. The topological polar surface area (TPSA) is 89.8 Å². The maximum absolute atomic E-state index is 12.5. The molecule has 4 N–H and O–H groups in total. The third-order valence-electron chi connectivity index (χ3n) is 13.9. The highest BCUT2D eigenvalue weighted by atomic mass is 16.3. The number of carbonyl (C=O) groups is 1. The summed E-state index contributed by atoms with van der Waals surface area (Å²) in [5.74, 6) is -0.140. The van der Waals surface area contributed by atoms with Crippen LogP contribution in [0.25, 0.3) is 0 Å². The lowest BCUT2D eigenvalue weighted by molar-refractivity contribution is -0.124. The second-order valence-corrected chi connectivity index (χ2v) is 20.2. The number of allylic oxidation sites excluding steroid dienone is 2. The Hall–Kier alpha value is -0.910. The zero-order valence-electron chi connectivity index (χ0n) is 43.0. The fraction of sp³-hybridized carbons (Fsp3) is 0.948. The first-order valence-corrected chi connectivity index (χ1v) is 29.0. The van der Waals surface area contributed by atoms with Gasteiger partial charge in [-0.05, 0) is 38.5 Å². The van der Waals surface area contributed by atoms with Gasteiger partial charge < -0.3 is 20.6 Å². The number of unbranched alkanes of at least 4 members (excludes halogenated alkanes) is 44. The number of nitrogens with one attached hydrogen (secondary N) is 1. The molecular weight excluding hydrogens is 775 g/mol. The van der Waals surface area contributed by atoms with Gasteiger partial charge in [-0.3, -0.25) is 4.79 Å². The fourth-order valence-corrected chi connectivity index (χ4v) is 9.40. The van der Waals surface area contributed by atoms with Gasteiger partial charge in [0.25, 0.3) is 0 Å². The van der Waals surface area contributed by atoms with Crippen LogP contribution in [-0.4, -0.2) is 46.1 Å². The fourth-order valence-electron chi connectivity index (χ4n) is 9.40. The average Bonchev–Trinajstić information content (AvgIpc) is 3.29. The predicted molar refractivity (Wildman–Crippen MR) is 278 cm³/mol. The van der Waals surface area contributed by atoms with Crippen molar-refractivity contribution in [3.63, 3.8) is 0 Å². The van der Waals surface area contributed by atoms with Crippen LogP contribution in [0.4, 0.5) is 0 Å². The van der Waals surface area contributed by atoms with Crippen LogP contribution in [0.3, 0.4) is 0 Å². The maximum atomic E-state index is 12.5. The van der Waals surface area contributed by atoms with Gasteiger partial charge in [0.05, 0.1) is 18.8 Å². The number of amides is 1. The molecule has 0 saturated heterocycles. The molecule has 0 bridgehead atoms. The van der Waals surface area contributed by atoms with Crippen LogP contribution in [0.5, 0.6) is 0 Å². The molecule has 5 nitrogen and oxygen atoms in total. The first-order chi connectivity index (χ1) is 31.1. The monoisotopic (exact) mass is 890 g/mol. The summed E-state index contributed by atoms with van der Waals surface area (Å²) in [5.41, 5.74) is 0. The molecule has 376 valence electrons. The summed E-state index contributed by atoms with van der Waals surface area (Å²) >= 11 is 0. The lowest BCUT2D eigenvalue weighted by Gasteiger charge is -2.26. The number of aliphatic hydroxyl groups excluding tert-OH is 3. The van der Waals surface area contributed by atoms with Gasteiger partial charge >= 0.3 is 0 Å². The van der Waals surface area contributed by atoms with Gasteiger partial charge in [0, 0.05) is 6.42 Å². The van der Waals surface area contributed by atoms with Crippen LogP contribution in [0, 0.1) is 0 Å². The molecule has 0 aromatic carbocycles. The van der Waals surface area contributed by atoms with E-state index >= 15 is 0 Å². The first-order valence-electron chi connectivity index (χ1n) is 29.0. The van der Waals surface area contributed by atoms with Gasteiger partial charge in [0.2, 0.25) is 5.91 Å². The normalized spacial score (nSPS) is 13.3. The molecule has 0 aliphatic heterocycles. The van der Waals surface area contributed by atoms with Crippen LogP contribution in [0.2, 0.25) is 0 Å². The van der Waals surface area contributed by atoms with Gasteiger partial charge in [0.15, 0.2) is 0 Å². The highest BCUT2D eigenvalue weighted by Gasteiger charge is 2.26. The molecule has 63 heavy (non-hydrogen) atoms. The van der Waals surface area contributed by atoms with E-state index in [9.17, 15) is 20.1 Å². The SMILES string of the molecule is CCCCCCCCCCCCCCCCCCCC/C=C\CCCCCCCCCCCCCCCCCCCC(=O)NC(CO)C(O)C(O)CCCCCCCCCCCC. The second kappa shape index (κ2) is 53.7. The van der Waals surface area contributed by atoms with Gasteiger partial charge in [0.1, 0.15) is 6.10 Å². The van der Waals surface area contributed by atoms with Gasteiger partial charge in [-0.25, -0.2) is 0 Å². The van der Waals surface area contributed by atoms with Gasteiger partial charge in [-0.15, -0.1) is 0 Å². The highest BCUT2D eigenvalue weighted by molar-refractivity contribution is 5.76. The second-order valence-electron chi connectivity index (χ2n) is 20.2. The molecule has 0 saturated carbocycles. The molecule has 0 aliphatic carbocycles. The number of aliphatic hydroxyl groups is 3. The van der Waals surface area contributed by atoms with Crippen molar-refractivity contribution in [2.24, 2.45) is 0 Å². The lowest BCUT2D eigenvalue weighted by Crippen LogP contribution is -2.50. The number of carbonyl (C=O) groups excluding carboxylic acids is 1. The first kappa shape index (κ1) is 62.1. The largest absolute Gasteiger partial charge is 0.394 e. The van der Waals surface area contributed by atoms with E-state index in [0.717, 1.165) is 38.5 Å². The van der Waals surface area contributed by atoms with E-state index in [1.165, 1.54) is 263 Å². The molecule has 1 amide bonds. The summed E-state index contributed by atoms with van der Waals surface area (Å²) < 4.78 is 0. The molecule has 0 fully saturated rings. The van der Waals surface area contributed by atoms with E-state index in [2.05, 4.69) is 31.3 Å². The summed E-state index contributed by atoms with van der Waals surface area (Å²) in [6.45, 7) is 4.19. The van der Waals surface area contributed by atoms with E-state index in [4.69, 9.17) is 0 Å². The standard InChI is InChI=1S/C58H115NO4/c1-3-5-7-9-11-13-15-16-17-18-19-20-21-22-23-24-25-26-27-28-29-30-31-32-33-34-35-36-37-38-39-40-41-42-43-45-47-49-51-53-57(62)59-55(54-60)58(63)56(61)52-50-48-46-44-14-12-10-8-6-4-2/h28-29,55-56,58,60-61,63H,3-27,30-54H2,1-2H3,(H,59,62)/b29-28-. The van der Waals surface area contributed by atoms with Crippen molar-refractivity contribution in [1.29, 1.82) is 0 Å². The minimum atomic E-state index is -1.13. The molecule has 0 radical (unpaired) electrons. The van der Waals surface area contributed by atoms with Crippen molar-refractivity contribution in [2.75, 3.05) is 6.61 Å². The summed E-state index contributed by atoms with van der Waals surface area (Å²) in [7, 11) is 0. The van der Waals surface area contributed by atoms with Gasteiger partial charge in [-0.1, -0.05) is 296 Å². The smallest absolute Gasteiger partial charge is 0.220 e. The Morgan fingerprint density at radius 1 is 0.381 bits per heavy atom. The Morgan fingerprint density at radius 2 is 0.635 bits per heavy atom. The van der Waals surface area contributed by atoms with Crippen molar-refractivity contribution >= 4 is 5.91 Å². The minimum absolute atomic E-state index is 0.140. The lowest BCUT2D eigenvalue weighted by atomic mass is 9.99. The number of rotatable bonds is 54. The molecule has 3 atom stereocenters. The van der Waals surface area contributed by atoms with E-state index in [1.807, 2.05) is 0 Å². The molecule has 0 spiro atoms. The number of hydrogen-bond donors (Lipinski definition) is 4. The Morgan fingerprint density at radius 3 is 0.921 bits per heavy atom. The van der Waals surface area contributed by atoms with Gasteiger partial charge in [-0.2, -0.15) is 0 Å². The third kappa shape index (κ3) is 48.8. The Bertz CT molecular complexity index is 894. The Labute approximate surface area is 395 Å². The van der Waals surface area contributed by atoms with Crippen LogP contribution >= 0.6 is 0 Å². The van der Waals surface area contributed by atoms with Crippen molar-refractivity contribution in [3.05, 3.63) is 12.2 Å².